The Morgan fingerprint density at radius 3 is 2.68 bits per heavy atom. The zero-order chi connectivity index (χ0) is 13.5. The first-order chi connectivity index (χ1) is 9.08. The summed E-state index contributed by atoms with van der Waals surface area (Å²) in [6, 6.07) is 11.0. The first kappa shape index (κ1) is 12.3. The Hall–Kier alpha value is -1.74. The Bertz CT molecular complexity index is 624. The number of hydrogen-bond donors (Lipinski definition) is 1. The van der Waals surface area contributed by atoms with E-state index in [4.69, 9.17) is 0 Å². The van der Waals surface area contributed by atoms with Gasteiger partial charge in [0.15, 0.2) is 0 Å². The van der Waals surface area contributed by atoms with E-state index in [9.17, 15) is 13.9 Å². The number of aliphatic hydroxyl groups is 1. The van der Waals surface area contributed by atoms with Crippen LogP contribution in [-0.2, 0) is 18.4 Å². The van der Waals surface area contributed by atoms with Crippen LogP contribution in [-0.4, -0.2) is 5.11 Å². The fourth-order valence-corrected chi connectivity index (χ4v) is 2.88. The van der Waals surface area contributed by atoms with Gasteiger partial charge < -0.3 is 5.11 Å². The van der Waals surface area contributed by atoms with Gasteiger partial charge in [0.2, 0.25) is 0 Å². The van der Waals surface area contributed by atoms with Gasteiger partial charge in [-0.15, -0.1) is 0 Å². The molecule has 1 atom stereocenters. The highest BCUT2D eigenvalue weighted by molar-refractivity contribution is 5.39. The van der Waals surface area contributed by atoms with Gasteiger partial charge in [-0.25, -0.2) is 8.78 Å². The Balaban J connectivity index is 1.97. The lowest BCUT2D eigenvalue weighted by Gasteiger charge is -2.24. The molecule has 19 heavy (non-hydrogen) atoms. The molecular formula is C16H14F2O. The van der Waals surface area contributed by atoms with Gasteiger partial charge in [-0.2, -0.15) is 0 Å². The molecule has 3 rings (SSSR count). The quantitative estimate of drug-likeness (QED) is 0.878. The highest BCUT2D eigenvalue weighted by atomic mass is 19.1. The number of halogens is 2. The molecule has 1 N–H and O–H groups in total. The van der Waals surface area contributed by atoms with E-state index in [2.05, 4.69) is 0 Å². The second kappa shape index (κ2) is 4.42. The van der Waals surface area contributed by atoms with Gasteiger partial charge in [-0.05, 0) is 47.7 Å². The minimum atomic E-state index is -1.09. The summed E-state index contributed by atoms with van der Waals surface area (Å²) in [5, 5.41) is 10.7. The summed E-state index contributed by atoms with van der Waals surface area (Å²) in [6.45, 7) is 0. The maximum atomic E-state index is 13.7. The largest absolute Gasteiger partial charge is 0.385 e. The van der Waals surface area contributed by atoms with Crippen molar-refractivity contribution >= 4 is 0 Å². The van der Waals surface area contributed by atoms with Gasteiger partial charge in [0.05, 0.1) is 5.60 Å². The Morgan fingerprint density at radius 2 is 1.89 bits per heavy atom. The standard InChI is InChI=1S/C16H14F2O/c17-12-4-1-3-11(9-12)10-16(19)8-7-13-14(16)5-2-6-15(13)18/h1-6,9,19H,7-8,10H2. The second-order valence-electron chi connectivity index (χ2n) is 5.10. The molecule has 0 saturated carbocycles. The van der Waals surface area contributed by atoms with Crippen LogP contribution >= 0.6 is 0 Å². The summed E-state index contributed by atoms with van der Waals surface area (Å²) in [5.41, 5.74) is 0.850. The van der Waals surface area contributed by atoms with Crippen molar-refractivity contribution in [2.75, 3.05) is 0 Å². The van der Waals surface area contributed by atoms with E-state index in [1.54, 1.807) is 24.3 Å². The molecule has 1 aliphatic carbocycles. The minimum absolute atomic E-state index is 0.271. The normalized spacial score (nSPS) is 21.4. The highest BCUT2D eigenvalue weighted by Gasteiger charge is 2.37. The SMILES string of the molecule is OC1(Cc2cccc(F)c2)CCc2c(F)cccc21. The number of hydrogen-bond acceptors (Lipinski definition) is 1. The molecule has 0 bridgehead atoms. The van der Waals surface area contributed by atoms with Crippen LogP contribution in [0.3, 0.4) is 0 Å². The van der Waals surface area contributed by atoms with Crippen molar-refractivity contribution in [3.8, 4) is 0 Å². The highest BCUT2D eigenvalue weighted by Crippen LogP contribution is 2.40. The van der Waals surface area contributed by atoms with E-state index < -0.39 is 5.60 Å². The van der Waals surface area contributed by atoms with Crippen LogP contribution < -0.4 is 0 Å². The Morgan fingerprint density at radius 1 is 1.11 bits per heavy atom. The number of fused-ring (bicyclic) bond motifs is 1. The van der Waals surface area contributed by atoms with Crippen LogP contribution in [0, 0.1) is 11.6 Å². The molecule has 0 fully saturated rings. The van der Waals surface area contributed by atoms with Crippen LogP contribution in [0.5, 0.6) is 0 Å². The third-order valence-electron chi connectivity index (χ3n) is 3.79. The maximum absolute atomic E-state index is 13.7. The third-order valence-corrected chi connectivity index (χ3v) is 3.79. The van der Waals surface area contributed by atoms with Crippen LogP contribution in [0.4, 0.5) is 8.78 Å². The summed E-state index contributed by atoms with van der Waals surface area (Å²) in [5.74, 6) is -0.591. The Labute approximate surface area is 110 Å². The van der Waals surface area contributed by atoms with Crippen molar-refractivity contribution in [2.24, 2.45) is 0 Å². The van der Waals surface area contributed by atoms with E-state index in [1.165, 1.54) is 18.2 Å². The van der Waals surface area contributed by atoms with Crippen molar-refractivity contribution < 1.29 is 13.9 Å². The van der Waals surface area contributed by atoms with Gasteiger partial charge in [0.25, 0.3) is 0 Å². The zero-order valence-corrected chi connectivity index (χ0v) is 10.4. The lowest BCUT2D eigenvalue weighted by Crippen LogP contribution is -2.25. The molecule has 0 aromatic heterocycles. The fourth-order valence-electron chi connectivity index (χ4n) is 2.88. The topological polar surface area (TPSA) is 20.2 Å². The lowest BCUT2D eigenvalue weighted by atomic mass is 9.89. The fraction of sp³-hybridized carbons (Fsp3) is 0.250. The average Bonchev–Trinajstić information content (AvgIpc) is 2.69. The molecule has 0 aliphatic heterocycles. The third kappa shape index (κ3) is 2.15. The molecule has 0 saturated heterocycles. The van der Waals surface area contributed by atoms with E-state index >= 15 is 0 Å². The molecule has 98 valence electrons. The van der Waals surface area contributed by atoms with Gasteiger partial charge in [-0.1, -0.05) is 24.3 Å². The summed E-state index contributed by atoms with van der Waals surface area (Å²) >= 11 is 0. The van der Waals surface area contributed by atoms with Gasteiger partial charge in [0, 0.05) is 6.42 Å². The predicted octanol–water partition coefficient (Wildman–Crippen LogP) is 3.34. The van der Waals surface area contributed by atoms with Crippen molar-refractivity contribution in [1.82, 2.24) is 0 Å². The number of benzene rings is 2. The van der Waals surface area contributed by atoms with E-state index in [1.807, 2.05) is 0 Å². The van der Waals surface area contributed by atoms with Crippen molar-refractivity contribution in [2.45, 2.75) is 24.9 Å². The summed E-state index contributed by atoms with van der Waals surface area (Å²) < 4.78 is 26.9. The first-order valence-electron chi connectivity index (χ1n) is 6.33. The average molecular weight is 260 g/mol. The van der Waals surface area contributed by atoms with Gasteiger partial charge >= 0.3 is 0 Å². The molecular weight excluding hydrogens is 246 g/mol. The van der Waals surface area contributed by atoms with E-state index in [0.29, 0.717) is 30.4 Å². The van der Waals surface area contributed by atoms with Crippen molar-refractivity contribution in [3.05, 3.63) is 70.8 Å². The Kier molecular flexibility index (Phi) is 2.86. The molecule has 1 aliphatic rings. The molecule has 1 unspecified atom stereocenters. The smallest absolute Gasteiger partial charge is 0.126 e. The molecule has 2 aromatic rings. The maximum Gasteiger partial charge on any atom is 0.126 e. The lowest BCUT2D eigenvalue weighted by molar-refractivity contribution is 0.0389. The van der Waals surface area contributed by atoms with E-state index in [0.717, 1.165) is 5.56 Å². The number of rotatable bonds is 2. The molecule has 0 radical (unpaired) electrons. The molecule has 0 spiro atoms. The van der Waals surface area contributed by atoms with Crippen molar-refractivity contribution in [3.63, 3.8) is 0 Å². The molecule has 0 amide bonds. The monoisotopic (exact) mass is 260 g/mol. The van der Waals surface area contributed by atoms with Gasteiger partial charge in [0.1, 0.15) is 11.6 Å². The second-order valence-corrected chi connectivity index (χ2v) is 5.10. The molecule has 1 nitrogen and oxygen atoms in total. The minimum Gasteiger partial charge on any atom is -0.385 e. The van der Waals surface area contributed by atoms with Crippen LogP contribution in [0.1, 0.15) is 23.1 Å². The molecule has 0 heterocycles. The first-order valence-corrected chi connectivity index (χ1v) is 6.33. The van der Waals surface area contributed by atoms with Crippen LogP contribution in [0.25, 0.3) is 0 Å². The van der Waals surface area contributed by atoms with Crippen LogP contribution in [0.15, 0.2) is 42.5 Å². The molecule has 2 aromatic carbocycles. The zero-order valence-electron chi connectivity index (χ0n) is 10.4. The summed E-state index contributed by atoms with van der Waals surface area (Å²) in [7, 11) is 0. The van der Waals surface area contributed by atoms with E-state index in [-0.39, 0.29) is 11.6 Å². The van der Waals surface area contributed by atoms with Crippen LogP contribution in [0.2, 0.25) is 0 Å². The van der Waals surface area contributed by atoms with Gasteiger partial charge in [-0.3, -0.25) is 0 Å². The summed E-state index contributed by atoms with van der Waals surface area (Å²) in [6.07, 6.45) is 1.30. The molecule has 3 heteroatoms. The predicted molar refractivity (Wildman–Crippen MR) is 68.7 cm³/mol. The van der Waals surface area contributed by atoms with Crippen molar-refractivity contribution in [1.29, 1.82) is 0 Å². The summed E-state index contributed by atoms with van der Waals surface area (Å²) in [4.78, 5) is 0.